The van der Waals surface area contributed by atoms with Gasteiger partial charge in [0, 0.05) is 17.8 Å². The number of likely N-dealkylation sites (N-methyl/N-ethyl adjacent to an activating group) is 1. The summed E-state index contributed by atoms with van der Waals surface area (Å²) >= 11 is 0. The van der Waals surface area contributed by atoms with Gasteiger partial charge in [0.1, 0.15) is 0 Å². The summed E-state index contributed by atoms with van der Waals surface area (Å²) in [5.74, 6) is -2.94. The van der Waals surface area contributed by atoms with Crippen molar-refractivity contribution in [1.82, 2.24) is 9.88 Å². The maximum Gasteiger partial charge on any atom is 0.287 e. The summed E-state index contributed by atoms with van der Waals surface area (Å²) < 4.78 is 26.7. The Morgan fingerprint density at radius 1 is 1.43 bits per heavy atom. The standard InChI is InChI=1S/C9H12F2N2O/c1-13(2)6-9(10,11)7-3-4-8(14)12-5-7/h3-5H,6H2,1-2H3,(H,12,14). The molecule has 0 aliphatic heterocycles. The van der Waals surface area contributed by atoms with E-state index in [2.05, 4.69) is 4.98 Å². The van der Waals surface area contributed by atoms with Crippen LogP contribution in [0.3, 0.4) is 0 Å². The summed E-state index contributed by atoms with van der Waals surface area (Å²) in [6.07, 6.45) is 1.05. The highest BCUT2D eigenvalue weighted by Gasteiger charge is 2.32. The molecule has 5 heteroatoms. The molecular weight excluding hydrogens is 190 g/mol. The highest BCUT2D eigenvalue weighted by molar-refractivity contribution is 5.15. The average molecular weight is 202 g/mol. The van der Waals surface area contributed by atoms with E-state index in [0.717, 1.165) is 18.3 Å². The van der Waals surface area contributed by atoms with Crippen LogP contribution < -0.4 is 5.56 Å². The Morgan fingerprint density at radius 2 is 2.07 bits per heavy atom. The fourth-order valence-electron chi connectivity index (χ4n) is 1.13. The van der Waals surface area contributed by atoms with E-state index in [-0.39, 0.29) is 17.7 Å². The first-order chi connectivity index (χ1) is 6.42. The molecule has 0 saturated carbocycles. The monoisotopic (exact) mass is 202 g/mol. The van der Waals surface area contributed by atoms with Gasteiger partial charge in [0.15, 0.2) is 0 Å². The Kier molecular flexibility index (Phi) is 3.00. The number of halogens is 2. The molecule has 0 fully saturated rings. The Bertz CT molecular complexity index is 340. The zero-order chi connectivity index (χ0) is 10.8. The second-order valence-corrected chi connectivity index (χ2v) is 3.38. The highest BCUT2D eigenvalue weighted by atomic mass is 19.3. The van der Waals surface area contributed by atoms with Gasteiger partial charge in [-0.3, -0.25) is 4.79 Å². The number of aromatic nitrogens is 1. The minimum absolute atomic E-state index is 0.175. The molecule has 3 nitrogen and oxygen atoms in total. The van der Waals surface area contributed by atoms with Gasteiger partial charge in [-0.1, -0.05) is 0 Å². The quantitative estimate of drug-likeness (QED) is 0.794. The molecule has 1 rings (SSSR count). The molecule has 1 heterocycles. The van der Waals surface area contributed by atoms with E-state index in [1.807, 2.05) is 0 Å². The first kappa shape index (κ1) is 10.8. The summed E-state index contributed by atoms with van der Waals surface area (Å²) in [5, 5.41) is 0. The summed E-state index contributed by atoms with van der Waals surface area (Å²) in [6.45, 7) is -0.376. The molecule has 0 radical (unpaired) electrons. The lowest BCUT2D eigenvalue weighted by Gasteiger charge is -2.20. The van der Waals surface area contributed by atoms with Crippen LogP contribution in [0.25, 0.3) is 0 Å². The van der Waals surface area contributed by atoms with Gasteiger partial charge in [-0.25, -0.2) is 0 Å². The predicted octanol–water partition coefficient (Wildman–Crippen LogP) is 1.03. The van der Waals surface area contributed by atoms with Crippen molar-refractivity contribution in [1.29, 1.82) is 0 Å². The lowest BCUT2D eigenvalue weighted by atomic mass is 10.1. The van der Waals surface area contributed by atoms with Crippen LogP contribution in [0.4, 0.5) is 8.78 Å². The number of pyridine rings is 1. The van der Waals surface area contributed by atoms with Gasteiger partial charge in [0.05, 0.1) is 6.54 Å². The first-order valence-electron chi connectivity index (χ1n) is 4.13. The van der Waals surface area contributed by atoms with Gasteiger partial charge in [0.2, 0.25) is 5.56 Å². The van der Waals surface area contributed by atoms with Gasteiger partial charge in [0.25, 0.3) is 5.92 Å². The Labute approximate surface area is 80.4 Å². The third-order valence-electron chi connectivity index (χ3n) is 1.72. The van der Waals surface area contributed by atoms with Crippen LogP contribution in [-0.2, 0) is 5.92 Å². The number of rotatable bonds is 3. The van der Waals surface area contributed by atoms with E-state index in [9.17, 15) is 13.6 Å². The van der Waals surface area contributed by atoms with Crippen LogP contribution in [0.1, 0.15) is 5.56 Å². The summed E-state index contributed by atoms with van der Waals surface area (Å²) in [6, 6.07) is 2.24. The second-order valence-electron chi connectivity index (χ2n) is 3.38. The minimum atomic E-state index is -2.94. The normalized spacial score (nSPS) is 12.1. The molecule has 14 heavy (non-hydrogen) atoms. The van der Waals surface area contributed by atoms with Crippen molar-refractivity contribution in [3.63, 3.8) is 0 Å². The second kappa shape index (κ2) is 3.88. The van der Waals surface area contributed by atoms with E-state index in [1.165, 1.54) is 4.90 Å². The number of H-pyrrole nitrogens is 1. The number of alkyl halides is 2. The lowest BCUT2D eigenvalue weighted by Crippen LogP contribution is -2.30. The van der Waals surface area contributed by atoms with Crippen molar-refractivity contribution >= 4 is 0 Å². The molecule has 0 amide bonds. The number of hydrogen-bond acceptors (Lipinski definition) is 2. The van der Waals surface area contributed by atoms with Gasteiger partial charge < -0.3 is 9.88 Å². The number of nitrogens with zero attached hydrogens (tertiary/aromatic N) is 1. The van der Waals surface area contributed by atoms with Gasteiger partial charge in [-0.2, -0.15) is 8.78 Å². The number of hydrogen-bond donors (Lipinski definition) is 1. The van der Waals surface area contributed by atoms with Crippen molar-refractivity contribution in [3.05, 3.63) is 34.2 Å². The van der Waals surface area contributed by atoms with Crippen molar-refractivity contribution < 1.29 is 8.78 Å². The van der Waals surface area contributed by atoms with E-state index in [0.29, 0.717) is 0 Å². The van der Waals surface area contributed by atoms with Crippen molar-refractivity contribution in [3.8, 4) is 0 Å². The van der Waals surface area contributed by atoms with Crippen LogP contribution >= 0.6 is 0 Å². The predicted molar refractivity (Wildman–Crippen MR) is 49.5 cm³/mol. The molecule has 1 N–H and O–H groups in total. The molecule has 0 aliphatic carbocycles. The van der Waals surface area contributed by atoms with Crippen LogP contribution in [0.15, 0.2) is 23.1 Å². The molecule has 0 atom stereocenters. The molecule has 78 valence electrons. The summed E-state index contributed by atoms with van der Waals surface area (Å²) in [5.41, 5.74) is -0.555. The molecule has 0 unspecified atom stereocenters. The Morgan fingerprint density at radius 3 is 2.50 bits per heavy atom. The molecule has 1 aromatic rings. The third-order valence-corrected chi connectivity index (χ3v) is 1.72. The molecule has 0 spiro atoms. The Balaban J connectivity index is 2.91. The van der Waals surface area contributed by atoms with Gasteiger partial charge in [-0.05, 0) is 20.2 Å². The molecular formula is C9H12F2N2O. The summed E-state index contributed by atoms with van der Waals surface area (Å²) in [4.78, 5) is 14.3. The van der Waals surface area contributed by atoms with Crippen LogP contribution in [-0.4, -0.2) is 30.5 Å². The number of nitrogens with one attached hydrogen (secondary N) is 1. The smallest absolute Gasteiger partial charge is 0.287 e. The SMILES string of the molecule is CN(C)CC(F)(F)c1ccc(=O)[nH]c1. The van der Waals surface area contributed by atoms with E-state index < -0.39 is 5.92 Å². The van der Waals surface area contributed by atoms with Crippen LogP contribution in [0.2, 0.25) is 0 Å². The zero-order valence-electron chi connectivity index (χ0n) is 8.05. The lowest BCUT2D eigenvalue weighted by molar-refractivity contribution is -0.0273. The Hall–Kier alpha value is -1.23. The van der Waals surface area contributed by atoms with Crippen molar-refractivity contribution in [2.24, 2.45) is 0 Å². The fourth-order valence-corrected chi connectivity index (χ4v) is 1.13. The van der Waals surface area contributed by atoms with Crippen molar-refractivity contribution in [2.75, 3.05) is 20.6 Å². The molecule has 1 aromatic heterocycles. The largest absolute Gasteiger partial charge is 0.329 e. The maximum atomic E-state index is 13.4. The molecule has 0 bridgehead atoms. The van der Waals surface area contributed by atoms with Crippen LogP contribution in [0, 0.1) is 0 Å². The topological polar surface area (TPSA) is 36.1 Å². The average Bonchev–Trinajstić information content (AvgIpc) is 2.02. The van der Waals surface area contributed by atoms with Crippen molar-refractivity contribution in [2.45, 2.75) is 5.92 Å². The first-order valence-corrected chi connectivity index (χ1v) is 4.13. The molecule has 0 aromatic carbocycles. The van der Waals surface area contributed by atoms with E-state index in [4.69, 9.17) is 0 Å². The highest BCUT2D eigenvalue weighted by Crippen LogP contribution is 2.26. The van der Waals surface area contributed by atoms with Gasteiger partial charge in [-0.15, -0.1) is 0 Å². The van der Waals surface area contributed by atoms with Crippen LogP contribution in [0.5, 0.6) is 0 Å². The van der Waals surface area contributed by atoms with Gasteiger partial charge >= 0.3 is 0 Å². The maximum absolute atomic E-state index is 13.4. The molecule has 0 saturated heterocycles. The van der Waals surface area contributed by atoms with E-state index >= 15 is 0 Å². The minimum Gasteiger partial charge on any atom is -0.329 e. The third kappa shape index (κ3) is 2.63. The zero-order valence-corrected chi connectivity index (χ0v) is 8.05. The summed E-state index contributed by atoms with van der Waals surface area (Å²) in [7, 11) is 3.14. The van der Waals surface area contributed by atoms with E-state index in [1.54, 1.807) is 14.1 Å². The number of aromatic amines is 1. The fraction of sp³-hybridized carbons (Fsp3) is 0.444. The molecule has 0 aliphatic rings.